The number of methoxy groups -OCH3 is 3. The molecule has 1 fully saturated rings. The Morgan fingerprint density at radius 3 is 2.26 bits per heavy atom. The molecule has 1 N–H and O–H groups in total. The lowest BCUT2D eigenvalue weighted by Gasteiger charge is -2.28. The van der Waals surface area contributed by atoms with E-state index in [0.717, 1.165) is 12.0 Å². The van der Waals surface area contributed by atoms with E-state index < -0.39 is 6.10 Å². The summed E-state index contributed by atoms with van der Waals surface area (Å²) in [5, 5.41) is 10.4. The lowest BCUT2D eigenvalue weighted by molar-refractivity contribution is 0.115. The number of hydrogen-bond acceptors (Lipinski definition) is 4. The average molecular weight is 266 g/mol. The molecule has 1 aliphatic carbocycles. The zero-order valence-corrected chi connectivity index (χ0v) is 11.8. The molecule has 0 aliphatic heterocycles. The number of aliphatic hydroxyl groups excluding tert-OH is 1. The molecule has 2 rings (SSSR count). The molecule has 1 aliphatic rings. The van der Waals surface area contributed by atoms with E-state index in [1.807, 2.05) is 6.07 Å². The van der Waals surface area contributed by atoms with E-state index in [1.165, 1.54) is 19.3 Å². The quantitative estimate of drug-likeness (QED) is 0.860. The zero-order chi connectivity index (χ0) is 13.8. The van der Waals surface area contributed by atoms with E-state index in [0.29, 0.717) is 23.2 Å². The van der Waals surface area contributed by atoms with Crippen molar-refractivity contribution >= 4 is 0 Å². The SMILES string of the molecule is COc1ccc(C(O)CC2CCC2)c(OC)c1OC. The molecule has 4 nitrogen and oxygen atoms in total. The maximum absolute atomic E-state index is 10.4. The maximum atomic E-state index is 10.4. The van der Waals surface area contributed by atoms with Gasteiger partial charge in [0.05, 0.1) is 27.4 Å². The Morgan fingerprint density at radius 1 is 1.11 bits per heavy atom. The summed E-state index contributed by atoms with van der Waals surface area (Å²) >= 11 is 0. The lowest BCUT2D eigenvalue weighted by atomic mass is 9.80. The third-order valence-electron chi connectivity index (χ3n) is 3.87. The Balaban J connectivity index is 2.27. The normalized spacial score (nSPS) is 16.6. The fourth-order valence-corrected chi connectivity index (χ4v) is 2.56. The van der Waals surface area contributed by atoms with Gasteiger partial charge < -0.3 is 19.3 Å². The van der Waals surface area contributed by atoms with Crippen molar-refractivity contribution in [3.63, 3.8) is 0 Å². The molecule has 4 heteroatoms. The molecule has 0 bridgehead atoms. The Hall–Kier alpha value is -1.42. The predicted octanol–water partition coefficient (Wildman–Crippen LogP) is 2.94. The highest BCUT2D eigenvalue weighted by Crippen LogP contribution is 2.44. The summed E-state index contributed by atoms with van der Waals surface area (Å²) in [6.45, 7) is 0. The second kappa shape index (κ2) is 6.15. The highest BCUT2D eigenvalue weighted by Gasteiger charge is 2.26. The zero-order valence-electron chi connectivity index (χ0n) is 11.8. The summed E-state index contributed by atoms with van der Waals surface area (Å²) < 4.78 is 16.0. The van der Waals surface area contributed by atoms with Gasteiger partial charge in [-0.1, -0.05) is 19.3 Å². The molecule has 1 aromatic rings. The van der Waals surface area contributed by atoms with Gasteiger partial charge >= 0.3 is 0 Å². The smallest absolute Gasteiger partial charge is 0.203 e. The van der Waals surface area contributed by atoms with Gasteiger partial charge in [-0.25, -0.2) is 0 Å². The Labute approximate surface area is 114 Å². The first kappa shape index (κ1) is 14.0. The lowest BCUT2D eigenvalue weighted by Crippen LogP contribution is -2.15. The maximum Gasteiger partial charge on any atom is 0.203 e. The standard InChI is InChI=1S/C15H22O4/c1-17-13-8-7-11(14(18-2)15(13)19-3)12(16)9-10-5-4-6-10/h7-8,10,12,16H,4-6,9H2,1-3H3. The van der Waals surface area contributed by atoms with Gasteiger partial charge in [0, 0.05) is 5.56 Å². The van der Waals surface area contributed by atoms with Gasteiger partial charge in [0.15, 0.2) is 11.5 Å². The molecular formula is C15H22O4. The van der Waals surface area contributed by atoms with E-state index in [2.05, 4.69) is 0 Å². The molecule has 0 spiro atoms. The number of benzene rings is 1. The summed E-state index contributed by atoms with van der Waals surface area (Å²) in [5.41, 5.74) is 0.770. The molecule has 0 radical (unpaired) electrons. The molecule has 0 heterocycles. The first-order valence-electron chi connectivity index (χ1n) is 6.68. The minimum Gasteiger partial charge on any atom is -0.493 e. The molecule has 1 atom stereocenters. The Bertz CT molecular complexity index is 426. The summed E-state index contributed by atoms with van der Waals surface area (Å²) in [7, 11) is 4.74. The molecule has 19 heavy (non-hydrogen) atoms. The average Bonchev–Trinajstić information content (AvgIpc) is 2.40. The third kappa shape index (κ3) is 2.78. The third-order valence-corrected chi connectivity index (χ3v) is 3.87. The second-order valence-corrected chi connectivity index (χ2v) is 4.97. The Kier molecular flexibility index (Phi) is 4.53. The number of ether oxygens (including phenoxy) is 3. The number of rotatable bonds is 6. The summed E-state index contributed by atoms with van der Waals surface area (Å²) in [4.78, 5) is 0. The topological polar surface area (TPSA) is 47.9 Å². The van der Waals surface area contributed by atoms with E-state index in [1.54, 1.807) is 27.4 Å². The highest BCUT2D eigenvalue weighted by molar-refractivity contribution is 5.56. The molecule has 1 unspecified atom stereocenters. The van der Waals surface area contributed by atoms with Crippen molar-refractivity contribution < 1.29 is 19.3 Å². The highest BCUT2D eigenvalue weighted by atomic mass is 16.5. The number of hydrogen-bond donors (Lipinski definition) is 1. The van der Waals surface area contributed by atoms with Gasteiger partial charge in [-0.05, 0) is 24.5 Å². The van der Waals surface area contributed by atoms with Gasteiger partial charge in [-0.15, -0.1) is 0 Å². The summed E-state index contributed by atoms with van der Waals surface area (Å²) in [6, 6.07) is 3.66. The van der Waals surface area contributed by atoms with Crippen LogP contribution >= 0.6 is 0 Å². The van der Waals surface area contributed by atoms with Crippen LogP contribution in [-0.4, -0.2) is 26.4 Å². The summed E-state index contributed by atoms with van der Waals surface area (Å²) in [5.74, 6) is 2.34. The van der Waals surface area contributed by atoms with Crippen LogP contribution in [0.15, 0.2) is 12.1 Å². The van der Waals surface area contributed by atoms with Crippen molar-refractivity contribution in [2.75, 3.05) is 21.3 Å². The van der Waals surface area contributed by atoms with Crippen LogP contribution in [0.1, 0.15) is 37.4 Å². The minimum atomic E-state index is -0.514. The van der Waals surface area contributed by atoms with Crippen molar-refractivity contribution in [3.8, 4) is 17.2 Å². The molecule has 1 aromatic carbocycles. The van der Waals surface area contributed by atoms with Crippen LogP contribution in [0, 0.1) is 5.92 Å². The minimum absolute atomic E-state index is 0.514. The molecule has 1 saturated carbocycles. The predicted molar refractivity (Wildman–Crippen MR) is 73.0 cm³/mol. The van der Waals surface area contributed by atoms with Crippen molar-refractivity contribution in [1.82, 2.24) is 0 Å². The van der Waals surface area contributed by atoms with Crippen molar-refractivity contribution in [2.45, 2.75) is 31.8 Å². The second-order valence-electron chi connectivity index (χ2n) is 4.97. The number of aliphatic hydroxyl groups is 1. The van der Waals surface area contributed by atoms with Gasteiger partial charge in [0.2, 0.25) is 5.75 Å². The molecular weight excluding hydrogens is 244 g/mol. The van der Waals surface area contributed by atoms with Crippen molar-refractivity contribution in [3.05, 3.63) is 17.7 Å². The van der Waals surface area contributed by atoms with E-state index in [9.17, 15) is 5.11 Å². The Morgan fingerprint density at radius 2 is 1.79 bits per heavy atom. The molecule has 0 saturated heterocycles. The van der Waals surface area contributed by atoms with E-state index in [-0.39, 0.29) is 0 Å². The van der Waals surface area contributed by atoms with Crippen LogP contribution in [0.3, 0.4) is 0 Å². The van der Waals surface area contributed by atoms with Crippen LogP contribution in [-0.2, 0) is 0 Å². The van der Waals surface area contributed by atoms with Crippen LogP contribution < -0.4 is 14.2 Å². The van der Waals surface area contributed by atoms with E-state index >= 15 is 0 Å². The van der Waals surface area contributed by atoms with Crippen LogP contribution in [0.5, 0.6) is 17.2 Å². The van der Waals surface area contributed by atoms with Crippen LogP contribution in [0.2, 0.25) is 0 Å². The van der Waals surface area contributed by atoms with Gasteiger partial charge in [0.25, 0.3) is 0 Å². The first-order chi connectivity index (χ1) is 9.21. The van der Waals surface area contributed by atoms with Gasteiger partial charge in [-0.3, -0.25) is 0 Å². The first-order valence-corrected chi connectivity index (χ1v) is 6.68. The van der Waals surface area contributed by atoms with E-state index in [4.69, 9.17) is 14.2 Å². The van der Waals surface area contributed by atoms with Gasteiger partial charge in [-0.2, -0.15) is 0 Å². The van der Waals surface area contributed by atoms with Crippen LogP contribution in [0.4, 0.5) is 0 Å². The monoisotopic (exact) mass is 266 g/mol. The van der Waals surface area contributed by atoms with Crippen molar-refractivity contribution in [2.24, 2.45) is 5.92 Å². The largest absolute Gasteiger partial charge is 0.493 e. The molecule has 106 valence electrons. The van der Waals surface area contributed by atoms with Gasteiger partial charge in [0.1, 0.15) is 0 Å². The molecule has 0 aromatic heterocycles. The summed E-state index contributed by atoms with van der Waals surface area (Å²) in [6.07, 6.45) is 3.98. The fraction of sp³-hybridized carbons (Fsp3) is 0.600. The fourth-order valence-electron chi connectivity index (χ4n) is 2.56. The molecule has 0 amide bonds. The van der Waals surface area contributed by atoms with Crippen molar-refractivity contribution in [1.29, 1.82) is 0 Å². The van der Waals surface area contributed by atoms with Crippen LogP contribution in [0.25, 0.3) is 0 Å².